The first-order valence-corrected chi connectivity index (χ1v) is 6.37. The molecule has 0 unspecified atom stereocenters. The van der Waals surface area contributed by atoms with Crippen LogP contribution in [0.5, 0.6) is 5.75 Å². The summed E-state index contributed by atoms with van der Waals surface area (Å²) in [5, 5.41) is 0.579. The van der Waals surface area contributed by atoms with Gasteiger partial charge in [0.1, 0.15) is 5.75 Å². The van der Waals surface area contributed by atoms with Crippen LogP contribution < -0.4 is 15.4 Å². The number of halogens is 1. The average molecular weight is 277 g/mol. The topological polar surface area (TPSA) is 38.5 Å². The number of hydrogen-bond acceptors (Lipinski definition) is 3. The molecule has 0 bridgehead atoms. The minimum atomic E-state index is 0.579. The highest BCUT2D eigenvalue weighted by molar-refractivity contribution is 6.33. The Morgan fingerprint density at radius 1 is 1.21 bits per heavy atom. The summed E-state index contributed by atoms with van der Waals surface area (Å²) in [5.41, 5.74) is 8.68. The molecular formula is C15H17ClN2O. The van der Waals surface area contributed by atoms with Gasteiger partial charge in [-0.05, 0) is 29.8 Å². The summed E-state index contributed by atoms with van der Waals surface area (Å²) < 4.78 is 5.22. The van der Waals surface area contributed by atoms with E-state index in [1.807, 2.05) is 37.4 Å². The fourth-order valence-electron chi connectivity index (χ4n) is 1.99. The zero-order chi connectivity index (χ0) is 13.8. The summed E-state index contributed by atoms with van der Waals surface area (Å²) in [5.74, 6) is 0.852. The van der Waals surface area contributed by atoms with Crippen LogP contribution in [0.2, 0.25) is 5.02 Å². The number of nitrogen functional groups attached to an aromatic ring is 1. The lowest BCUT2D eigenvalue weighted by Gasteiger charge is -2.22. The first-order chi connectivity index (χ1) is 9.11. The molecule has 2 aromatic rings. The van der Waals surface area contributed by atoms with Gasteiger partial charge in [0.25, 0.3) is 0 Å². The van der Waals surface area contributed by atoms with Crippen LogP contribution in [-0.2, 0) is 6.54 Å². The summed E-state index contributed by atoms with van der Waals surface area (Å²) in [6, 6.07) is 13.6. The molecule has 4 heteroatoms. The van der Waals surface area contributed by atoms with Crippen molar-refractivity contribution in [1.82, 2.24) is 0 Å². The van der Waals surface area contributed by atoms with Gasteiger partial charge >= 0.3 is 0 Å². The third-order valence-corrected chi connectivity index (χ3v) is 3.32. The maximum absolute atomic E-state index is 6.04. The molecule has 0 saturated carbocycles. The highest BCUT2D eigenvalue weighted by atomic mass is 35.5. The fraction of sp³-hybridized carbons (Fsp3) is 0.200. The lowest BCUT2D eigenvalue weighted by atomic mass is 10.2. The Bertz CT molecular complexity index is 572. The Balaban J connectivity index is 2.20. The second-order valence-electron chi connectivity index (χ2n) is 4.38. The van der Waals surface area contributed by atoms with Crippen molar-refractivity contribution < 1.29 is 4.74 Å². The molecule has 2 rings (SSSR count). The number of nitrogens with two attached hydrogens (primary N) is 1. The van der Waals surface area contributed by atoms with Crippen LogP contribution >= 0.6 is 11.6 Å². The number of methoxy groups -OCH3 is 1. The molecular weight excluding hydrogens is 260 g/mol. The fourth-order valence-corrected chi connectivity index (χ4v) is 2.16. The minimum absolute atomic E-state index is 0.579. The van der Waals surface area contributed by atoms with Gasteiger partial charge in [0, 0.05) is 13.6 Å². The molecule has 0 heterocycles. The van der Waals surface area contributed by atoms with E-state index in [-0.39, 0.29) is 0 Å². The summed E-state index contributed by atoms with van der Waals surface area (Å²) in [7, 11) is 3.65. The molecule has 0 fully saturated rings. The van der Waals surface area contributed by atoms with Crippen LogP contribution in [0, 0.1) is 0 Å². The van der Waals surface area contributed by atoms with Crippen LogP contribution in [0.15, 0.2) is 42.5 Å². The van der Waals surface area contributed by atoms with E-state index in [4.69, 9.17) is 22.1 Å². The SMILES string of the molecule is COc1cccc(CN(C)c2cccc(Cl)c2N)c1. The largest absolute Gasteiger partial charge is 0.497 e. The second-order valence-corrected chi connectivity index (χ2v) is 4.79. The van der Waals surface area contributed by atoms with Gasteiger partial charge in [-0.3, -0.25) is 0 Å². The van der Waals surface area contributed by atoms with E-state index in [1.165, 1.54) is 0 Å². The molecule has 2 aromatic carbocycles. The Morgan fingerprint density at radius 2 is 1.95 bits per heavy atom. The molecule has 100 valence electrons. The summed E-state index contributed by atoms with van der Waals surface area (Å²) >= 11 is 6.04. The van der Waals surface area contributed by atoms with Gasteiger partial charge in [-0.2, -0.15) is 0 Å². The Kier molecular flexibility index (Phi) is 4.17. The molecule has 0 saturated heterocycles. The van der Waals surface area contributed by atoms with Crippen LogP contribution in [0.3, 0.4) is 0 Å². The highest BCUT2D eigenvalue weighted by Crippen LogP contribution is 2.30. The lowest BCUT2D eigenvalue weighted by Crippen LogP contribution is -2.17. The van der Waals surface area contributed by atoms with Crippen LogP contribution in [0.1, 0.15) is 5.56 Å². The molecule has 0 aliphatic heterocycles. The number of para-hydroxylation sites is 1. The molecule has 2 N–H and O–H groups in total. The molecule has 0 spiro atoms. The van der Waals surface area contributed by atoms with Crippen molar-refractivity contribution in [2.24, 2.45) is 0 Å². The maximum atomic E-state index is 6.04. The van der Waals surface area contributed by atoms with Gasteiger partial charge in [-0.15, -0.1) is 0 Å². The first kappa shape index (κ1) is 13.6. The molecule has 0 radical (unpaired) electrons. The van der Waals surface area contributed by atoms with E-state index in [1.54, 1.807) is 13.2 Å². The van der Waals surface area contributed by atoms with Crippen molar-refractivity contribution in [2.45, 2.75) is 6.54 Å². The number of anilines is 2. The van der Waals surface area contributed by atoms with E-state index in [2.05, 4.69) is 11.0 Å². The molecule has 0 atom stereocenters. The van der Waals surface area contributed by atoms with Gasteiger partial charge in [-0.25, -0.2) is 0 Å². The van der Waals surface area contributed by atoms with Crippen molar-refractivity contribution in [2.75, 3.05) is 24.8 Å². The minimum Gasteiger partial charge on any atom is -0.497 e. The number of rotatable bonds is 4. The number of ether oxygens (including phenoxy) is 1. The predicted octanol–water partition coefficient (Wildman–Crippen LogP) is 3.57. The van der Waals surface area contributed by atoms with Crippen molar-refractivity contribution in [1.29, 1.82) is 0 Å². The van der Waals surface area contributed by atoms with Gasteiger partial charge in [0.15, 0.2) is 0 Å². The average Bonchev–Trinajstić information content (AvgIpc) is 2.42. The highest BCUT2D eigenvalue weighted by Gasteiger charge is 2.08. The zero-order valence-corrected chi connectivity index (χ0v) is 11.8. The quantitative estimate of drug-likeness (QED) is 0.868. The number of hydrogen-bond donors (Lipinski definition) is 1. The van der Waals surface area contributed by atoms with E-state index >= 15 is 0 Å². The molecule has 0 aromatic heterocycles. The van der Waals surface area contributed by atoms with Crippen LogP contribution in [-0.4, -0.2) is 14.2 Å². The standard InChI is InChI=1S/C15H17ClN2O/c1-18(14-8-4-7-13(16)15(14)17)10-11-5-3-6-12(9-11)19-2/h3-9H,10,17H2,1-2H3. The van der Waals surface area contributed by atoms with E-state index in [0.29, 0.717) is 10.7 Å². The zero-order valence-electron chi connectivity index (χ0n) is 11.1. The van der Waals surface area contributed by atoms with Gasteiger partial charge < -0.3 is 15.4 Å². The molecule has 19 heavy (non-hydrogen) atoms. The molecule has 3 nitrogen and oxygen atoms in total. The Morgan fingerprint density at radius 3 is 2.68 bits per heavy atom. The molecule has 0 aliphatic rings. The van der Waals surface area contributed by atoms with Gasteiger partial charge in [-0.1, -0.05) is 29.8 Å². The maximum Gasteiger partial charge on any atom is 0.119 e. The summed E-state index contributed by atoms with van der Waals surface area (Å²) in [4.78, 5) is 2.07. The number of benzene rings is 2. The van der Waals surface area contributed by atoms with Crippen LogP contribution in [0.4, 0.5) is 11.4 Å². The van der Waals surface area contributed by atoms with E-state index in [0.717, 1.165) is 23.5 Å². The Labute approximate surface area is 118 Å². The number of nitrogens with zero attached hydrogens (tertiary/aromatic N) is 1. The predicted molar refractivity (Wildman–Crippen MR) is 81.0 cm³/mol. The normalized spacial score (nSPS) is 10.3. The van der Waals surface area contributed by atoms with Crippen molar-refractivity contribution >= 4 is 23.0 Å². The van der Waals surface area contributed by atoms with Crippen molar-refractivity contribution in [3.8, 4) is 5.75 Å². The second kappa shape index (κ2) is 5.85. The van der Waals surface area contributed by atoms with Crippen molar-refractivity contribution in [3.63, 3.8) is 0 Å². The third-order valence-electron chi connectivity index (χ3n) is 3.00. The van der Waals surface area contributed by atoms with E-state index < -0.39 is 0 Å². The Hall–Kier alpha value is -1.87. The summed E-state index contributed by atoms with van der Waals surface area (Å²) in [6.07, 6.45) is 0. The van der Waals surface area contributed by atoms with Gasteiger partial charge in [0.05, 0.1) is 23.5 Å². The monoisotopic (exact) mass is 276 g/mol. The van der Waals surface area contributed by atoms with E-state index in [9.17, 15) is 0 Å². The first-order valence-electron chi connectivity index (χ1n) is 6.00. The van der Waals surface area contributed by atoms with Crippen LogP contribution in [0.25, 0.3) is 0 Å². The summed E-state index contributed by atoms with van der Waals surface area (Å²) in [6.45, 7) is 0.738. The van der Waals surface area contributed by atoms with Crippen molar-refractivity contribution in [3.05, 3.63) is 53.1 Å². The smallest absolute Gasteiger partial charge is 0.119 e. The lowest BCUT2D eigenvalue weighted by molar-refractivity contribution is 0.414. The third kappa shape index (κ3) is 3.12. The molecule has 0 aliphatic carbocycles. The van der Waals surface area contributed by atoms with Gasteiger partial charge in [0.2, 0.25) is 0 Å². The molecule has 0 amide bonds.